The van der Waals surface area contributed by atoms with Crippen LogP contribution in [-0.2, 0) is 0 Å². The Balaban J connectivity index is 0.852. The van der Waals surface area contributed by atoms with Crippen molar-refractivity contribution in [2.24, 2.45) is 0 Å². The van der Waals surface area contributed by atoms with E-state index in [1.165, 1.54) is 9.80 Å². The second kappa shape index (κ2) is 12.2. The lowest BCUT2D eigenvalue weighted by Gasteiger charge is -2.27. The van der Waals surface area contributed by atoms with E-state index in [1.807, 2.05) is 48.5 Å². The van der Waals surface area contributed by atoms with E-state index in [0.29, 0.717) is 48.4 Å². The fourth-order valence-corrected chi connectivity index (χ4v) is 6.05. The second-order valence-electron chi connectivity index (χ2n) is 10.9. The van der Waals surface area contributed by atoms with Gasteiger partial charge in [0.25, 0.3) is 23.6 Å². The summed E-state index contributed by atoms with van der Waals surface area (Å²) in [4.78, 5) is 54.6. The highest BCUT2D eigenvalue weighted by Crippen LogP contribution is 2.31. The summed E-state index contributed by atoms with van der Waals surface area (Å²) < 4.78 is 0. The highest BCUT2D eigenvalue weighted by Gasteiger charge is 2.33. The van der Waals surface area contributed by atoms with Gasteiger partial charge in [0.05, 0.1) is 0 Å². The molecule has 0 aliphatic carbocycles. The number of amides is 4. The molecular weight excluding hydrogens is 528 g/mol. The first-order chi connectivity index (χ1) is 20.6. The number of nitrogens with zero attached hydrogens (tertiary/aromatic N) is 2. The van der Waals surface area contributed by atoms with Crippen LogP contribution in [0.4, 0.5) is 0 Å². The molecule has 214 valence electrons. The molecule has 0 aromatic heterocycles. The molecule has 0 bridgehead atoms. The Kier molecular flexibility index (Phi) is 8.08. The van der Waals surface area contributed by atoms with Gasteiger partial charge >= 0.3 is 0 Å². The van der Waals surface area contributed by atoms with Crippen LogP contribution in [-0.4, -0.2) is 72.7 Å². The Morgan fingerprint density at radius 2 is 0.762 bits per heavy atom. The second-order valence-corrected chi connectivity index (χ2v) is 10.9. The van der Waals surface area contributed by atoms with Crippen molar-refractivity contribution in [3.05, 3.63) is 95.1 Å². The highest BCUT2D eigenvalue weighted by atomic mass is 16.2. The lowest BCUT2D eigenvalue weighted by atomic mass is 9.94. The average molecular weight is 563 g/mol. The van der Waals surface area contributed by atoms with Gasteiger partial charge in [-0.3, -0.25) is 29.0 Å². The third-order valence-corrected chi connectivity index (χ3v) is 8.19. The maximum absolute atomic E-state index is 13.0. The van der Waals surface area contributed by atoms with Crippen LogP contribution in [0.2, 0.25) is 0 Å². The monoisotopic (exact) mass is 562 g/mol. The van der Waals surface area contributed by atoms with Gasteiger partial charge in [-0.25, -0.2) is 0 Å². The number of carbonyl (C=O) groups is 4. The minimum Gasteiger partial charge on any atom is -0.315 e. The number of carbonyl (C=O) groups excluding carboxylic acids is 4. The number of imide groups is 2. The zero-order valence-electron chi connectivity index (χ0n) is 23.5. The van der Waals surface area contributed by atoms with Gasteiger partial charge in [0.2, 0.25) is 0 Å². The molecule has 0 saturated carbocycles. The van der Waals surface area contributed by atoms with Crippen molar-refractivity contribution >= 4 is 45.2 Å². The summed E-state index contributed by atoms with van der Waals surface area (Å²) in [7, 11) is 0. The molecule has 4 amide bonds. The molecular formula is C34H34N4O4. The first-order valence-corrected chi connectivity index (χ1v) is 14.7. The van der Waals surface area contributed by atoms with Gasteiger partial charge in [0, 0.05) is 59.2 Å². The first-order valence-electron chi connectivity index (χ1n) is 14.7. The lowest BCUT2D eigenvalue weighted by molar-refractivity contribution is 0.0596. The topological polar surface area (TPSA) is 98.8 Å². The molecule has 8 heteroatoms. The quantitative estimate of drug-likeness (QED) is 0.182. The maximum Gasteiger partial charge on any atom is 0.261 e. The van der Waals surface area contributed by atoms with Crippen LogP contribution < -0.4 is 10.6 Å². The van der Waals surface area contributed by atoms with E-state index in [9.17, 15) is 19.2 Å². The Morgan fingerprint density at radius 1 is 0.429 bits per heavy atom. The normalized spacial score (nSPS) is 14.5. The Hall–Kier alpha value is -4.40. The average Bonchev–Trinajstić information content (AvgIpc) is 3.01. The van der Waals surface area contributed by atoms with Crippen molar-refractivity contribution in [2.45, 2.75) is 25.7 Å². The minimum absolute atomic E-state index is 0.227. The third kappa shape index (κ3) is 5.19. The lowest BCUT2D eigenvalue weighted by Crippen LogP contribution is -2.44. The molecule has 0 fully saturated rings. The molecule has 2 aliphatic heterocycles. The molecule has 0 saturated heterocycles. The molecule has 0 radical (unpaired) electrons. The zero-order chi connectivity index (χ0) is 29.1. The summed E-state index contributed by atoms with van der Waals surface area (Å²) in [5.41, 5.74) is 2.36. The molecule has 0 unspecified atom stereocenters. The minimum atomic E-state index is -0.227. The van der Waals surface area contributed by atoms with Crippen LogP contribution in [0.25, 0.3) is 21.5 Å². The largest absolute Gasteiger partial charge is 0.315 e. The fraction of sp³-hybridized carbons (Fsp3) is 0.294. The summed E-state index contributed by atoms with van der Waals surface area (Å²) in [5, 5.41) is 10.1. The van der Waals surface area contributed by atoms with Crippen molar-refractivity contribution in [1.29, 1.82) is 0 Å². The molecule has 6 rings (SSSR count). The SMILES string of the molecule is O=C1c2cccc3cccc(c23)C(=O)N1CCNCCCCCCNCCN1C(=O)c2cccc3cccc(c23)C1=O. The number of rotatable bonds is 13. The van der Waals surface area contributed by atoms with Gasteiger partial charge in [0.1, 0.15) is 0 Å². The number of hydrogen-bond donors (Lipinski definition) is 2. The van der Waals surface area contributed by atoms with E-state index < -0.39 is 0 Å². The van der Waals surface area contributed by atoms with Gasteiger partial charge in [-0.15, -0.1) is 0 Å². The van der Waals surface area contributed by atoms with Crippen LogP contribution in [0, 0.1) is 0 Å². The van der Waals surface area contributed by atoms with E-state index >= 15 is 0 Å². The van der Waals surface area contributed by atoms with E-state index in [-0.39, 0.29) is 23.6 Å². The van der Waals surface area contributed by atoms with Crippen LogP contribution in [0.15, 0.2) is 72.8 Å². The molecule has 0 spiro atoms. The molecule has 2 N–H and O–H groups in total. The molecule has 0 atom stereocenters. The predicted octanol–water partition coefficient (Wildman–Crippen LogP) is 4.62. The fourth-order valence-electron chi connectivity index (χ4n) is 6.05. The Morgan fingerprint density at radius 3 is 1.10 bits per heavy atom. The molecule has 42 heavy (non-hydrogen) atoms. The highest BCUT2D eigenvalue weighted by molar-refractivity contribution is 6.26. The van der Waals surface area contributed by atoms with Gasteiger partial charge in [-0.2, -0.15) is 0 Å². The van der Waals surface area contributed by atoms with Crippen molar-refractivity contribution in [1.82, 2.24) is 20.4 Å². The van der Waals surface area contributed by atoms with Crippen molar-refractivity contribution in [3.8, 4) is 0 Å². The standard InChI is InChI=1S/C34H34N4O4/c39-31-25-13-5-9-23-10-6-14-26(29(23)25)32(40)37(31)21-19-35-17-3-1-2-4-18-36-20-22-38-33(41)27-15-7-11-24-12-8-16-28(30(24)27)34(38)42/h5-16,35-36H,1-4,17-22H2. The van der Waals surface area contributed by atoms with E-state index in [2.05, 4.69) is 10.6 Å². The maximum atomic E-state index is 13.0. The summed E-state index contributed by atoms with van der Waals surface area (Å²) in [6.45, 7) is 3.45. The Labute approximate surface area is 244 Å². The molecule has 4 aromatic carbocycles. The molecule has 2 heterocycles. The number of benzene rings is 4. The predicted molar refractivity (Wildman–Crippen MR) is 163 cm³/mol. The summed E-state index contributed by atoms with van der Waals surface area (Å²) >= 11 is 0. The van der Waals surface area contributed by atoms with Gasteiger partial charge < -0.3 is 10.6 Å². The summed E-state index contributed by atoms with van der Waals surface area (Å²) in [5.74, 6) is -0.908. The van der Waals surface area contributed by atoms with Crippen LogP contribution >= 0.6 is 0 Å². The van der Waals surface area contributed by atoms with Gasteiger partial charge in [0.15, 0.2) is 0 Å². The number of unbranched alkanes of at least 4 members (excludes halogenated alkanes) is 3. The van der Waals surface area contributed by atoms with Crippen LogP contribution in [0.5, 0.6) is 0 Å². The van der Waals surface area contributed by atoms with Crippen molar-refractivity contribution < 1.29 is 19.2 Å². The first kappa shape index (κ1) is 27.8. The smallest absolute Gasteiger partial charge is 0.261 e. The van der Waals surface area contributed by atoms with E-state index in [0.717, 1.165) is 60.3 Å². The van der Waals surface area contributed by atoms with Crippen molar-refractivity contribution in [2.75, 3.05) is 39.3 Å². The van der Waals surface area contributed by atoms with Crippen molar-refractivity contribution in [3.63, 3.8) is 0 Å². The molecule has 2 aliphatic rings. The van der Waals surface area contributed by atoms with Crippen LogP contribution in [0.1, 0.15) is 67.1 Å². The summed E-state index contributed by atoms with van der Waals surface area (Å²) in [6, 6.07) is 22.3. The molecule has 8 nitrogen and oxygen atoms in total. The van der Waals surface area contributed by atoms with Gasteiger partial charge in [-0.1, -0.05) is 61.4 Å². The Bertz CT molecular complexity index is 1470. The number of nitrogens with one attached hydrogen (secondary N) is 2. The number of hydrogen-bond acceptors (Lipinski definition) is 6. The zero-order valence-corrected chi connectivity index (χ0v) is 23.5. The summed E-state index contributed by atoms with van der Waals surface area (Å²) in [6.07, 6.45) is 4.14. The van der Waals surface area contributed by atoms with Gasteiger partial charge in [-0.05, 0) is 61.0 Å². The third-order valence-electron chi connectivity index (χ3n) is 8.19. The van der Waals surface area contributed by atoms with E-state index in [4.69, 9.17) is 0 Å². The molecule has 4 aromatic rings. The van der Waals surface area contributed by atoms with E-state index in [1.54, 1.807) is 24.3 Å². The van der Waals surface area contributed by atoms with Crippen LogP contribution in [0.3, 0.4) is 0 Å².